The number of thioether (sulfide) groups is 1. The van der Waals surface area contributed by atoms with Crippen molar-refractivity contribution in [2.75, 3.05) is 38.4 Å². The lowest BCUT2D eigenvalue weighted by Crippen LogP contribution is -2.43. The van der Waals surface area contributed by atoms with Gasteiger partial charge < -0.3 is 5.32 Å². The Morgan fingerprint density at radius 2 is 1.81 bits per heavy atom. The number of anilines is 1. The second-order valence-electron chi connectivity index (χ2n) is 5.88. The second kappa shape index (κ2) is 8.81. The number of para-hydroxylation sites is 1. The third-order valence-electron chi connectivity index (χ3n) is 3.76. The summed E-state index contributed by atoms with van der Waals surface area (Å²) in [6, 6.07) is 6.78. The van der Waals surface area contributed by atoms with Crippen molar-refractivity contribution in [2.45, 2.75) is 18.2 Å². The van der Waals surface area contributed by atoms with Gasteiger partial charge in [0.2, 0.25) is 5.91 Å². The van der Waals surface area contributed by atoms with E-state index in [-0.39, 0.29) is 25.7 Å². The van der Waals surface area contributed by atoms with Crippen LogP contribution in [-0.2, 0) is 14.4 Å². The number of benzene rings is 1. The summed E-state index contributed by atoms with van der Waals surface area (Å²) in [5, 5.41) is 2.81. The first kappa shape index (κ1) is 19.9. The van der Waals surface area contributed by atoms with Gasteiger partial charge in [0.25, 0.3) is 0 Å². The average molecular weight is 378 g/mol. The van der Waals surface area contributed by atoms with E-state index in [1.807, 2.05) is 31.4 Å². The minimum absolute atomic E-state index is 0.0260. The smallest absolute Gasteiger partial charge is 0.324 e. The molecule has 1 aromatic rings. The fraction of sp³-hybridized carbons (Fsp3) is 0.412. The van der Waals surface area contributed by atoms with Gasteiger partial charge >= 0.3 is 17.8 Å². The lowest BCUT2D eigenvalue weighted by molar-refractivity contribution is -0.144. The normalized spacial score (nSPS) is 14.5. The Kier molecular flexibility index (Phi) is 6.76. The van der Waals surface area contributed by atoms with Crippen LogP contribution >= 0.6 is 11.8 Å². The summed E-state index contributed by atoms with van der Waals surface area (Å²) in [5.41, 5.74) is 0.705. The Balaban J connectivity index is 1.94. The summed E-state index contributed by atoms with van der Waals surface area (Å²) in [6.45, 7) is 1.87. The van der Waals surface area contributed by atoms with Crippen LogP contribution in [0.5, 0.6) is 0 Å². The highest BCUT2D eigenvalue weighted by Gasteiger charge is 2.44. The van der Waals surface area contributed by atoms with Crippen molar-refractivity contribution < 1.29 is 19.2 Å². The van der Waals surface area contributed by atoms with Gasteiger partial charge in [-0.05, 0) is 31.9 Å². The molecule has 1 N–H and O–H groups in total. The molecule has 9 heteroatoms. The summed E-state index contributed by atoms with van der Waals surface area (Å²) in [6.07, 6.45) is 2.49. The topological polar surface area (TPSA) is 90.0 Å². The zero-order valence-corrected chi connectivity index (χ0v) is 15.8. The van der Waals surface area contributed by atoms with Crippen LogP contribution in [-0.4, -0.2) is 71.5 Å². The van der Waals surface area contributed by atoms with E-state index in [1.54, 1.807) is 13.1 Å². The number of likely N-dealkylation sites (N-methyl/N-ethyl adjacent to an activating group) is 1. The minimum atomic E-state index is -0.858. The van der Waals surface area contributed by atoms with E-state index in [9.17, 15) is 19.2 Å². The third-order valence-corrected chi connectivity index (χ3v) is 4.56. The SMILES string of the molecule is CCCN1C(=O)C(=O)N(CN(C)CC(=O)Nc2ccccc2SC)C1=O. The van der Waals surface area contributed by atoms with Gasteiger partial charge in [-0.25, -0.2) is 9.69 Å². The Morgan fingerprint density at radius 1 is 1.15 bits per heavy atom. The molecule has 0 bridgehead atoms. The van der Waals surface area contributed by atoms with Gasteiger partial charge in [-0.15, -0.1) is 11.8 Å². The van der Waals surface area contributed by atoms with E-state index < -0.39 is 17.8 Å². The molecule has 0 aromatic heterocycles. The quantitative estimate of drug-likeness (QED) is 0.418. The molecule has 1 aromatic carbocycles. The number of nitrogens with zero attached hydrogens (tertiary/aromatic N) is 3. The van der Waals surface area contributed by atoms with Crippen molar-refractivity contribution in [3.63, 3.8) is 0 Å². The van der Waals surface area contributed by atoms with Crippen LogP contribution in [0.2, 0.25) is 0 Å². The van der Waals surface area contributed by atoms with Crippen LogP contribution in [0.25, 0.3) is 0 Å². The average Bonchev–Trinajstić information content (AvgIpc) is 2.80. The molecular weight excluding hydrogens is 356 g/mol. The summed E-state index contributed by atoms with van der Waals surface area (Å²) in [5.74, 6) is -1.95. The molecule has 0 aliphatic carbocycles. The van der Waals surface area contributed by atoms with Crippen LogP contribution in [0.3, 0.4) is 0 Å². The fourth-order valence-corrected chi connectivity index (χ4v) is 3.12. The molecule has 1 fully saturated rings. The second-order valence-corrected chi connectivity index (χ2v) is 6.72. The Bertz CT molecular complexity index is 724. The first-order valence-corrected chi connectivity index (χ1v) is 9.40. The fourth-order valence-electron chi connectivity index (χ4n) is 2.57. The highest BCUT2D eigenvalue weighted by Crippen LogP contribution is 2.24. The highest BCUT2D eigenvalue weighted by molar-refractivity contribution is 7.98. The van der Waals surface area contributed by atoms with E-state index in [4.69, 9.17) is 0 Å². The summed E-state index contributed by atoms with van der Waals surface area (Å²) >= 11 is 1.52. The minimum Gasteiger partial charge on any atom is -0.324 e. The molecule has 0 saturated carbocycles. The van der Waals surface area contributed by atoms with Crippen LogP contribution in [0.4, 0.5) is 10.5 Å². The molecule has 1 heterocycles. The first-order valence-electron chi connectivity index (χ1n) is 8.17. The van der Waals surface area contributed by atoms with Crippen LogP contribution < -0.4 is 5.32 Å². The summed E-state index contributed by atoms with van der Waals surface area (Å²) in [4.78, 5) is 52.5. The van der Waals surface area contributed by atoms with E-state index in [0.29, 0.717) is 12.1 Å². The van der Waals surface area contributed by atoms with Crippen molar-refractivity contribution >= 4 is 41.2 Å². The molecule has 2 rings (SSSR count). The molecule has 1 saturated heterocycles. The molecule has 0 radical (unpaired) electrons. The Hall–Kier alpha value is -2.39. The molecule has 140 valence electrons. The monoisotopic (exact) mass is 378 g/mol. The Morgan fingerprint density at radius 3 is 2.46 bits per heavy atom. The number of carbonyl (C=O) groups excluding carboxylic acids is 4. The third kappa shape index (κ3) is 4.41. The first-order chi connectivity index (χ1) is 12.4. The molecule has 5 amide bonds. The summed E-state index contributed by atoms with van der Waals surface area (Å²) in [7, 11) is 1.60. The van der Waals surface area contributed by atoms with E-state index in [1.165, 1.54) is 16.7 Å². The maximum Gasteiger partial charge on any atom is 0.335 e. The number of rotatable bonds is 8. The van der Waals surface area contributed by atoms with Crippen molar-refractivity contribution in [1.82, 2.24) is 14.7 Å². The van der Waals surface area contributed by atoms with Crippen LogP contribution in [0.15, 0.2) is 29.2 Å². The maximum absolute atomic E-state index is 12.2. The molecule has 26 heavy (non-hydrogen) atoms. The largest absolute Gasteiger partial charge is 0.335 e. The highest BCUT2D eigenvalue weighted by atomic mass is 32.2. The van der Waals surface area contributed by atoms with Crippen molar-refractivity contribution in [2.24, 2.45) is 0 Å². The van der Waals surface area contributed by atoms with Crippen molar-refractivity contribution in [3.8, 4) is 0 Å². The number of imide groups is 2. The molecule has 8 nitrogen and oxygen atoms in total. The standard InChI is InChI=1S/C17H22N4O4S/c1-4-9-20-15(23)16(24)21(17(20)25)11-19(2)10-14(22)18-12-7-5-6-8-13(12)26-3/h5-8H,4,9-11H2,1-3H3,(H,18,22). The predicted octanol–water partition coefficient (Wildman–Crippen LogP) is 1.44. The zero-order chi connectivity index (χ0) is 19.3. The number of nitrogens with one attached hydrogen (secondary N) is 1. The molecule has 1 aliphatic rings. The molecule has 0 atom stereocenters. The maximum atomic E-state index is 12.2. The zero-order valence-electron chi connectivity index (χ0n) is 15.0. The van der Waals surface area contributed by atoms with Crippen molar-refractivity contribution in [3.05, 3.63) is 24.3 Å². The Labute approximate surface area is 156 Å². The van der Waals surface area contributed by atoms with Gasteiger partial charge in [0, 0.05) is 11.4 Å². The number of urea groups is 1. The number of carbonyl (C=O) groups is 4. The lowest BCUT2D eigenvalue weighted by atomic mass is 10.3. The van der Waals surface area contributed by atoms with Gasteiger partial charge in [-0.1, -0.05) is 19.1 Å². The van der Waals surface area contributed by atoms with Gasteiger partial charge in [0.15, 0.2) is 0 Å². The molecule has 0 spiro atoms. The van der Waals surface area contributed by atoms with Crippen molar-refractivity contribution in [1.29, 1.82) is 0 Å². The van der Waals surface area contributed by atoms with Gasteiger partial charge in [-0.3, -0.25) is 24.2 Å². The van der Waals surface area contributed by atoms with E-state index in [2.05, 4.69) is 5.32 Å². The van der Waals surface area contributed by atoms with E-state index in [0.717, 1.165) is 14.7 Å². The summed E-state index contributed by atoms with van der Waals surface area (Å²) < 4.78 is 0. The predicted molar refractivity (Wildman–Crippen MR) is 98.6 cm³/mol. The number of hydrogen-bond acceptors (Lipinski definition) is 6. The lowest BCUT2D eigenvalue weighted by Gasteiger charge is -2.22. The van der Waals surface area contributed by atoms with Gasteiger partial charge in [0.05, 0.1) is 18.9 Å². The van der Waals surface area contributed by atoms with Crippen LogP contribution in [0.1, 0.15) is 13.3 Å². The van der Waals surface area contributed by atoms with E-state index >= 15 is 0 Å². The van der Waals surface area contributed by atoms with Gasteiger partial charge in [0.1, 0.15) is 0 Å². The number of amides is 5. The molecule has 0 unspecified atom stereocenters. The van der Waals surface area contributed by atoms with Crippen LogP contribution in [0, 0.1) is 0 Å². The van der Waals surface area contributed by atoms with Gasteiger partial charge in [-0.2, -0.15) is 0 Å². The number of hydrogen-bond donors (Lipinski definition) is 1. The molecular formula is C17H22N4O4S. The molecule has 1 aliphatic heterocycles.